The molecule has 1 saturated carbocycles. The number of rotatable bonds is 4. The molecule has 1 aliphatic carbocycles. The highest BCUT2D eigenvalue weighted by Crippen LogP contribution is 2.37. The number of likely N-dealkylation sites (tertiary alicyclic amines) is 1. The van der Waals surface area contributed by atoms with Crippen molar-refractivity contribution in [1.82, 2.24) is 4.90 Å². The van der Waals surface area contributed by atoms with Gasteiger partial charge in [-0.1, -0.05) is 55.7 Å². The number of nitrogens with one attached hydrogen (secondary N) is 2. The monoisotopic (exact) mass is 457 g/mol. The molecule has 2 fully saturated rings. The number of ether oxygens (including phenoxy) is 1. The summed E-state index contributed by atoms with van der Waals surface area (Å²) in [6.45, 7) is 1.64. The van der Waals surface area contributed by atoms with Crippen LogP contribution in [0.25, 0.3) is 10.8 Å². The lowest BCUT2D eigenvalue weighted by atomic mass is 9.75. The molecule has 0 radical (unpaired) electrons. The van der Waals surface area contributed by atoms with Crippen LogP contribution in [0.15, 0.2) is 60.7 Å². The third kappa shape index (κ3) is 4.58. The van der Waals surface area contributed by atoms with Gasteiger partial charge in [-0.3, -0.25) is 4.79 Å². The molecule has 5 rings (SSSR count). The Morgan fingerprint density at radius 3 is 2.56 bits per heavy atom. The number of amides is 3. The molecule has 34 heavy (non-hydrogen) atoms. The third-order valence-corrected chi connectivity index (χ3v) is 7.31. The van der Waals surface area contributed by atoms with Crippen molar-refractivity contribution in [2.75, 3.05) is 30.8 Å². The molecule has 0 spiro atoms. The first-order valence-corrected chi connectivity index (χ1v) is 12.2. The van der Waals surface area contributed by atoms with Crippen molar-refractivity contribution in [3.05, 3.63) is 66.2 Å². The third-order valence-electron chi connectivity index (χ3n) is 7.31. The summed E-state index contributed by atoms with van der Waals surface area (Å²) in [5.41, 5.74) is 1.84. The number of piperidine rings is 1. The molecule has 1 saturated heterocycles. The van der Waals surface area contributed by atoms with E-state index in [9.17, 15) is 9.59 Å². The summed E-state index contributed by atoms with van der Waals surface area (Å²) >= 11 is 0. The molecular formula is C28H31N3O3. The predicted octanol–water partition coefficient (Wildman–Crippen LogP) is 6.14. The maximum atomic E-state index is 13.3. The summed E-state index contributed by atoms with van der Waals surface area (Å²) in [6, 6.07) is 18.6. The lowest BCUT2D eigenvalue weighted by molar-refractivity contribution is 0.0518. The average molecular weight is 458 g/mol. The van der Waals surface area contributed by atoms with Crippen molar-refractivity contribution < 1.29 is 14.3 Å². The molecule has 1 heterocycles. The summed E-state index contributed by atoms with van der Waals surface area (Å²) in [5.74, 6) is 1.87. The second-order valence-corrected chi connectivity index (χ2v) is 9.37. The minimum Gasteiger partial charge on any atom is -0.496 e. The van der Waals surface area contributed by atoms with Crippen LogP contribution in [0.1, 0.15) is 42.5 Å². The Labute approximate surface area is 200 Å². The number of hydrogen-bond acceptors (Lipinski definition) is 3. The summed E-state index contributed by atoms with van der Waals surface area (Å²) in [5, 5.41) is 7.81. The van der Waals surface area contributed by atoms with Gasteiger partial charge in [0.05, 0.1) is 18.4 Å². The topological polar surface area (TPSA) is 70.7 Å². The van der Waals surface area contributed by atoms with Gasteiger partial charge in [-0.2, -0.15) is 0 Å². The average Bonchev–Trinajstić information content (AvgIpc) is 2.88. The van der Waals surface area contributed by atoms with E-state index in [0.717, 1.165) is 41.9 Å². The van der Waals surface area contributed by atoms with E-state index in [-0.39, 0.29) is 11.9 Å². The van der Waals surface area contributed by atoms with Gasteiger partial charge in [0.2, 0.25) is 0 Å². The molecular weight excluding hydrogens is 426 g/mol. The highest BCUT2D eigenvalue weighted by molar-refractivity contribution is 6.06. The summed E-state index contributed by atoms with van der Waals surface area (Å²) in [6.07, 6.45) is 6.21. The molecule has 3 aromatic carbocycles. The van der Waals surface area contributed by atoms with Crippen LogP contribution in [-0.2, 0) is 0 Å². The van der Waals surface area contributed by atoms with Crippen molar-refractivity contribution in [2.45, 2.75) is 32.1 Å². The summed E-state index contributed by atoms with van der Waals surface area (Å²) in [7, 11) is 1.56. The zero-order valence-electron chi connectivity index (χ0n) is 19.5. The van der Waals surface area contributed by atoms with Gasteiger partial charge in [0.15, 0.2) is 0 Å². The fraction of sp³-hybridized carbons (Fsp3) is 0.357. The fourth-order valence-corrected chi connectivity index (χ4v) is 5.52. The first-order valence-electron chi connectivity index (χ1n) is 12.2. The van der Waals surface area contributed by atoms with Crippen LogP contribution < -0.4 is 15.4 Å². The Balaban J connectivity index is 1.28. The SMILES string of the molecule is COc1cc(NC(=O)Nc2cccc3ccccc23)ccc1C(=O)N1CC[C@H]2CCCC[C@H]2C1. The zero-order chi connectivity index (χ0) is 23.5. The number of anilines is 2. The van der Waals surface area contributed by atoms with Gasteiger partial charge in [0.25, 0.3) is 5.91 Å². The van der Waals surface area contributed by atoms with Crippen molar-refractivity contribution in [2.24, 2.45) is 11.8 Å². The van der Waals surface area contributed by atoms with E-state index >= 15 is 0 Å². The van der Waals surface area contributed by atoms with E-state index in [1.807, 2.05) is 47.4 Å². The Morgan fingerprint density at radius 1 is 0.912 bits per heavy atom. The van der Waals surface area contributed by atoms with E-state index in [2.05, 4.69) is 10.6 Å². The molecule has 3 aromatic rings. The smallest absolute Gasteiger partial charge is 0.323 e. The van der Waals surface area contributed by atoms with Crippen LogP contribution in [0.5, 0.6) is 5.75 Å². The molecule has 1 aliphatic heterocycles. The molecule has 6 heteroatoms. The van der Waals surface area contributed by atoms with Crippen LogP contribution in [0.2, 0.25) is 0 Å². The maximum absolute atomic E-state index is 13.3. The molecule has 2 aliphatic rings. The first kappa shape index (κ1) is 22.3. The number of hydrogen-bond donors (Lipinski definition) is 2. The van der Waals surface area contributed by atoms with Gasteiger partial charge in [0.1, 0.15) is 5.75 Å². The van der Waals surface area contributed by atoms with Crippen LogP contribution >= 0.6 is 0 Å². The molecule has 176 valence electrons. The Hall–Kier alpha value is -3.54. The second kappa shape index (κ2) is 9.75. The highest BCUT2D eigenvalue weighted by atomic mass is 16.5. The van der Waals surface area contributed by atoms with Crippen LogP contribution in [0.3, 0.4) is 0 Å². The molecule has 0 bridgehead atoms. The standard InChI is InChI=1S/C28H31N3O3/c1-34-26-17-22(29-28(33)30-25-12-6-10-20-8-4-5-11-23(20)25)13-14-24(26)27(32)31-16-15-19-7-2-3-9-21(19)18-31/h4-6,8,10-14,17,19,21H,2-3,7,9,15-16,18H2,1H3,(H2,29,30,33)/t19-,21+/m1/s1. The Bertz CT molecular complexity index is 1200. The van der Waals surface area contributed by atoms with Crippen molar-refractivity contribution >= 4 is 34.1 Å². The highest BCUT2D eigenvalue weighted by Gasteiger charge is 2.33. The number of carbonyl (C=O) groups excluding carboxylic acids is 2. The van der Waals surface area contributed by atoms with Crippen LogP contribution in [0, 0.1) is 11.8 Å². The van der Waals surface area contributed by atoms with Crippen LogP contribution in [0.4, 0.5) is 16.2 Å². The quantitative estimate of drug-likeness (QED) is 0.494. The zero-order valence-corrected chi connectivity index (χ0v) is 19.5. The van der Waals surface area contributed by atoms with Gasteiger partial charge in [0, 0.05) is 30.2 Å². The normalized spacial score (nSPS) is 19.9. The number of methoxy groups -OCH3 is 1. The van der Waals surface area contributed by atoms with E-state index in [1.165, 1.54) is 25.7 Å². The predicted molar refractivity (Wildman–Crippen MR) is 136 cm³/mol. The van der Waals surface area contributed by atoms with E-state index in [0.29, 0.717) is 22.9 Å². The molecule has 3 amide bonds. The van der Waals surface area contributed by atoms with E-state index in [1.54, 1.807) is 25.3 Å². The molecule has 2 N–H and O–H groups in total. The molecule has 2 atom stereocenters. The lowest BCUT2D eigenvalue weighted by Crippen LogP contribution is -2.44. The van der Waals surface area contributed by atoms with Crippen molar-refractivity contribution in [3.8, 4) is 5.75 Å². The van der Waals surface area contributed by atoms with Crippen LogP contribution in [-0.4, -0.2) is 37.0 Å². The van der Waals surface area contributed by atoms with E-state index in [4.69, 9.17) is 4.74 Å². The number of fused-ring (bicyclic) bond motifs is 2. The van der Waals surface area contributed by atoms with Crippen molar-refractivity contribution in [1.29, 1.82) is 0 Å². The van der Waals surface area contributed by atoms with Gasteiger partial charge < -0.3 is 20.3 Å². The van der Waals surface area contributed by atoms with Gasteiger partial charge in [-0.25, -0.2) is 4.79 Å². The lowest BCUT2D eigenvalue weighted by Gasteiger charge is -2.41. The fourth-order valence-electron chi connectivity index (χ4n) is 5.52. The number of carbonyl (C=O) groups is 2. The number of nitrogens with zero attached hydrogens (tertiary/aromatic N) is 1. The number of benzene rings is 3. The Kier molecular flexibility index (Phi) is 6.39. The van der Waals surface area contributed by atoms with Crippen molar-refractivity contribution in [3.63, 3.8) is 0 Å². The van der Waals surface area contributed by atoms with E-state index < -0.39 is 0 Å². The molecule has 6 nitrogen and oxygen atoms in total. The van der Waals surface area contributed by atoms with Gasteiger partial charge in [-0.05, 0) is 48.3 Å². The minimum atomic E-state index is -0.350. The summed E-state index contributed by atoms with van der Waals surface area (Å²) < 4.78 is 5.54. The number of urea groups is 1. The summed E-state index contributed by atoms with van der Waals surface area (Å²) in [4.78, 5) is 28.0. The Morgan fingerprint density at radius 2 is 1.71 bits per heavy atom. The maximum Gasteiger partial charge on any atom is 0.323 e. The van der Waals surface area contributed by atoms with Gasteiger partial charge >= 0.3 is 6.03 Å². The minimum absolute atomic E-state index is 0.00707. The van der Waals surface area contributed by atoms with Gasteiger partial charge in [-0.15, -0.1) is 0 Å². The largest absolute Gasteiger partial charge is 0.496 e. The second-order valence-electron chi connectivity index (χ2n) is 9.37. The first-order chi connectivity index (χ1) is 16.6. The molecule has 0 unspecified atom stereocenters. The molecule has 0 aromatic heterocycles.